The number of hydroxylamine groups is 6. The Balaban J connectivity index is 2.34. The monoisotopic (exact) mass is 135 g/mol. The van der Waals surface area contributed by atoms with Crippen LogP contribution in [0.25, 0.3) is 0 Å². The smallest absolute Gasteiger partial charge is 0.212 e. The minimum atomic E-state index is -0.240. The Morgan fingerprint density at radius 2 is 0.889 bits per heavy atom. The summed E-state index contributed by atoms with van der Waals surface area (Å²) >= 11 is 0. The van der Waals surface area contributed by atoms with Crippen LogP contribution in [0.3, 0.4) is 0 Å². The molecule has 1 aliphatic rings. The Bertz CT molecular complexity index is 75.3. The van der Waals surface area contributed by atoms with Crippen molar-refractivity contribution in [1.29, 1.82) is 0 Å². The molecular formula is C3H9N3O3. The number of hydrogen-bond donors (Lipinski definition) is 3. The van der Waals surface area contributed by atoms with Gasteiger partial charge in [0, 0.05) is 0 Å². The highest BCUT2D eigenvalue weighted by Crippen LogP contribution is 1.37. The highest BCUT2D eigenvalue weighted by molar-refractivity contribution is 4.15. The molecule has 3 N–H and O–H groups in total. The van der Waals surface area contributed by atoms with Gasteiger partial charge in [-0.3, -0.25) is 15.2 Å². The van der Waals surface area contributed by atoms with E-state index in [9.17, 15) is 15.6 Å². The molecule has 1 aliphatic heterocycles. The zero-order chi connectivity index (χ0) is 6.85. The van der Waals surface area contributed by atoms with Crippen LogP contribution in [0.2, 0.25) is 0 Å². The van der Waals surface area contributed by atoms with Crippen LogP contribution in [-0.4, -0.2) is 20.0 Å². The van der Waals surface area contributed by atoms with Gasteiger partial charge in [-0.25, -0.2) is 0 Å². The fraction of sp³-hybridized carbons (Fsp3) is 1.00. The topological polar surface area (TPSA) is 82.5 Å². The Hall–Kier alpha value is -0.240. The maximum absolute atomic E-state index is 10.4. The van der Waals surface area contributed by atoms with E-state index in [2.05, 4.69) is 0 Å². The summed E-state index contributed by atoms with van der Waals surface area (Å²) in [5.74, 6) is 0. The molecule has 1 fully saturated rings. The van der Waals surface area contributed by atoms with Crippen LogP contribution in [0.5, 0.6) is 0 Å². The fourth-order valence-corrected chi connectivity index (χ4v) is 0.847. The molecule has 9 heavy (non-hydrogen) atoms. The Morgan fingerprint density at radius 3 is 1.11 bits per heavy atom. The molecule has 0 amide bonds. The molecule has 0 bridgehead atoms. The molecule has 0 spiro atoms. The van der Waals surface area contributed by atoms with Crippen molar-refractivity contribution in [3.05, 3.63) is 15.6 Å². The lowest BCUT2D eigenvalue weighted by Gasteiger charge is -2.38. The van der Waals surface area contributed by atoms with E-state index in [4.69, 9.17) is 0 Å². The predicted octanol–water partition coefficient (Wildman–Crippen LogP) is -4.98. The van der Waals surface area contributed by atoms with E-state index in [0.29, 0.717) is 0 Å². The molecule has 0 radical (unpaired) electrons. The van der Waals surface area contributed by atoms with Crippen molar-refractivity contribution in [3.8, 4) is 0 Å². The van der Waals surface area contributed by atoms with Crippen LogP contribution in [0.4, 0.5) is 0 Å². The van der Waals surface area contributed by atoms with Gasteiger partial charge in [-0.05, 0) is 0 Å². The summed E-state index contributed by atoms with van der Waals surface area (Å²) in [6.07, 6.45) is 0. The van der Waals surface area contributed by atoms with Crippen molar-refractivity contribution in [2.45, 2.75) is 0 Å². The summed E-state index contributed by atoms with van der Waals surface area (Å²) in [4.78, 5) is 0. The lowest BCUT2D eigenvalue weighted by Crippen LogP contribution is -3.46. The van der Waals surface area contributed by atoms with E-state index in [-0.39, 0.29) is 35.2 Å². The molecular weight excluding hydrogens is 126 g/mol. The number of quaternary nitrogens is 3. The van der Waals surface area contributed by atoms with Crippen molar-refractivity contribution in [1.82, 2.24) is 0 Å². The van der Waals surface area contributed by atoms with E-state index in [1.807, 2.05) is 0 Å². The van der Waals surface area contributed by atoms with Gasteiger partial charge < -0.3 is 15.6 Å². The molecule has 0 aromatic heterocycles. The quantitative estimate of drug-likeness (QED) is 0.291. The van der Waals surface area contributed by atoms with Crippen molar-refractivity contribution in [2.75, 3.05) is 20.0 Å². The molecule has 0 atom stereocenters. The maximum atomic E-state index is 10.4. The van der Waals surface area contributed by atoms with Gasteiger partial charge in [-0.1, -0.05) is 0 Å². The highest BCUT2D eigenvalue weighted by atomic mass is 16.6. The highest BCUT2D eigenvalue weighted by Gasteiger charge is 2.15. The van der Waals surface area contributed by atoms with Crippen molar-refractivity contribution in [3.63, 3.8) is 0 Å². The molecule has 1 heterocycles. The molecule has 54 valence electrons. The van der Waals surface area contributed by atoms with Gasteiger partial charge in [0.1, 0.15) is 0 Å². The lowest BCUT2D eigenvalue weighted by molar-refractivity contribution is -1.22. The second kappa shape index (κ2) is 2.56. The average molecular weight is 135 g/mol. The molecule has 0 aliphatic carbocycles. The first kappa shape index (κ1) is 6.87. The maximum Gasteiger partial charge on any atom is 0.212 e. The fourth-order valence-electron chi connectivity index (χ4n) is 0.847. The molecule has 0 saturated carbocycles. The van der Waals surface area contributed by atoms with Crippen LogP contribution in [0, 0.1) is 15.6 Å². The molecule has 6 heteroatoms. The minimum absolute atomic E-state index is 0.0360. The van der Waals surface area contributed by atoms with Crippen LogP contribution in [0.1, 0.15) is 0 Å². The zero-order valence-electron chi connectivity index (χ0n) is 4.85. The third-order valence-electron chi connectivity index (χ3n) is 1.18. The largest absolute Gasteiger partial charge is 0.626 e. The van der Waals surface area contributed by atoms with Crippen molar-refractivity contribution >= 4 is 0 Å². The molecule has 6 nitrogen and oxygen atoms in total. The van der Waals surface area contributed by atoms with Crippen LogP contribution >= 0.6 is 0 Å². The molecule has 0 aromatic rings. The Morgan fingerprint density at radius 1 is 0.667 bits per heavy atom. The normalized spacial score (nSPS) is 45.0. The lowest BCUT2D eigenvalue weighted by atomic mass is 10.7. The van der Waals surface area contributed by atoms with Gasteiger partial charge in [-0.15, -0.1) is 0 Å². The van der Waals surface area contributed by atoms with Crippen LogP contribution in [0.15, 0.2) is 0 Å². The second-order valence-corrected chi connectivity index (χ2v) is 2.15. The van der Waals surface area contributed by atoms with Gasteiger partial charge in [0.05, 0.1) is 0 Å². The standard InChI is InChI=1S/C3H9N3O3/c7-4-1-5(8)3-6(9)2-4/h4-6H,1-3H2. The predicted molar refractivity (Wildman–Crippen MR) is 27.6 cm³/mol. The molecule has 1 saturated heterocycles. The molecule has 0 aromatic carbocycles. The van der Waals surface area contributed by atoms with E-state index >= 15 is 0 Å². The first-order valence-electron chi connectivity index (χ1n) is 2.73. The minimum Gasteiger partial charge on any atom is -0.626 e. The van der Waals surface area contributed by atoms with Crippen LogP contribution in [-0.2, 0) is 0 Å². The molecule has 1 rings (SSSR count). The van der Waals surface area contributed by atoms with Gasteiger partial charge in [0.15, 0.2) is 0 Å². The first-order valence-corrected chi connectivity index (χ1v) is 2.73. The Labute approximate surface area is 52.0 Å². The van der Waals surface area contributed by atoms with Crippen LogP contribution < -0.4 is 15.2 Å². The van der Waals surface area contributed by atoms with E-state index in [0.717, 1.165) is 0 Å². The van der Waals surface area contributed by atoms with Gasteiger partial charge in [0.25, 0.3) is 0 Å². The third-order valence-corrected chi connectivity index (χ3v) is 1.18. The van der Waals surface area contributed by atoms with Gasteiger partial charge >= 0.3 is 0 Å². The van der Waals surface area contributed by atoms with E-state index < -0.39 is 0 Å². The summed E-state index contributed by atoms with van der Waals surface area (Å²) in [5.41, 5.74) is 0. The molecule has 0 unspecified atom stereocenters. The summed E-state index contributed by atoms with van der Waals surface area (Å²) < 4.78 is 0. The van der Waals surface area contributed by atoms with Crippen molar-refractivity contribution < 1.29 is 15.2 Å². The number of nitrogens with one attached hydrogen (secondary N) is 3. The van der Waals surface area contributed by atoms with Gasteiger partial charge in [-0.2, -0.15) is 0 Å². The first-order chi connectivity index (χ1) is 4.18. The second-order valence-electron chi connectivity index (χ2n) is 2.15. The summed E-state index contributed by atoms with van der Waals surface area (Å²) in [7, 11) is 0. The average Bonchev–Trinajstić information content (AvgIpc) is 1.59. The number of hydrogen-bond acceptors (Lipinski definition) is 3. The SMILES string of the molecule is [O-][NH+]1C[NH+]([O-])C[NH+]([O-])C1. The Kier molecular flexibility index (Phi) is 1.96. The third kappa shape index (κ3) is 1.86. The number of rotatable bonds is 0. The van der Waals surface area contributed by atoms with Crippen molar-refractivity contribution in [2.24, 2.45) is 0 Å². The van der Waals surface area contributed by atoms with Gasteiger partial charge in [0.2, 0.25) is 20.0 Å². The summed E-state index contributed by atoms with van der Waals surface area (Å²) in [6.45, 7) is -0.108. The summed E-state index contributed by atoms with van der Waals surface area (Å²) in [6, 6.07) is 0. The zero-order valence-corrected chi connectivity index (χ0v) is 4.85. The van der Waals surface area contributed by atoms with E-state index in [1.54, 1.807) is 0 Å². The van der Waals surface area contributed by atoms with E-state index in [1.165, 1.54) is 0 Å². The summed E-state index contributed by atoms with van der Waals surface area (Å²) in [5, 5.41) is 30.6.